The van der Waals surface area contributed by atoms with E-state index in [-0.39, 0.29) is 29.3 Å². The molecule has 4 nitrogen and oxygen atoms in total. The normalized spacial score (nSPS) is 23.9. The van der Waals surface area contributed by atoms with Crippen molar-refractivity contribution >= 4 is 17.4 Å². The number of amides is 1. The van der Waals surface area contributed by atoms with Gasteiger partial charge in [0.2, 0.25) is 5.91 Å². The summed E-state index contributed by atoms with van der Waals surface area (Å²) in [5.41, 5.74) is 1.12. The summed E-state index contributed by atoms with van der Waals surface area (Å²) >= 11 is 0. The van der Waals surface area contributed by atoms with E-state index in [1.807, 2.05) is 57.2 Å². The number of Topliss-reactive ketones (excluding diaryl/α,β-unsaturated/α-hetero) is 1. The third-order valence-corrected chi connectivity index (χ3v) is 4.48. The molecule has 0 spiro atoms. The van der Waals surface area contributed by atoms with Gasteiger partial charge in [-0.3, -0.25) is 9.59 Å². The fourth-order valence-electron chi connectivity index (χ4n) is 3.37. The maximum atomic E-state index is 12.4. The maximum absolute atomic E-state index is 12.4. The smallest absolute Gasteiger partial charge is 0.224 e. The van der Waals surface area contributed by atoms with Gasteiger partial charge in [-0.15, -0.1) is 0 Å². The van der Waals surface area contributed by atoms with Gasteiger partial charge in [0.25, 0.3) is 0 Å². The summed E-state index contributed by atoms with van der Waals surface area (Å²) in [5.74, 6) is 0.0357. The first-order chi connectivity index (χ1) is 10.8. The van der Waals surface area contributed by atoms with Gasteiger partial charge in [0.1, 0.15) is 0 Å². The Bertz CT molecular complexity index is 619. The first-order valence-corrected chi connectivity index (χ1v) is 7.87. The summed E-state index contributed by atoms with van der Waals surface area (Å²) in [6.45, 7) is 7.39. The Balaban J connectivity index is 2.57. The molecule has 2 atom stereocenters. The summed E-state index contributed by atoms with van der Waals surface area (Å²) in [6, 6.07) is 9.19. The van der Waals surface area contributed by atoms with E-state index in [0.29, 0.717) is 12.0 Å². The number of rotatable bonds is 3. The van der Waals surface area contributed by atoms with Crippen LogP contribution in [0.2, 0.25) is 0 Å². The van der Waals surface area contributed by atoms with Crippen molar-refractivity contribution in [3.63, 3.8) is 0 Å². The highest BCUT2D eigenvalue weighted by Crippen LogP contribution is 2.37. The number of methoxy groups -OCH3 is 1. The molecule has 0 aliphatic heterocycles. The van der Waals surface area contributed by atoms with Crippen LogP contribution in [0.15, 0.2) is 42.0 Å². The van der Waals surface area contributed by atoms with Crippen LogP contribution in [0.25, 0.3) is 0 Å². The van der Waals surface area contributed by atoms with Gasteiger partial charge in [0, 0.05) is 31.6 Å². The van der Waals surface area contributed by atoms with E-state index in [2.05, 4.69) is 0 Å². The van der Waals surface area contributed by atoms with Crippen LogP contribution >= 0.6 is 0 Å². The zero-order valence-electron chi connectivity index (χ0n) is 14.5. The molecule has 1 amide bonds. The second-order valence-corrected chi connectivity index (χ2v) is 6.81. The van der Waals surface area contributed by atoms with Crippen molar-refractivity contribution in [1.29, 1.82) is 0 Å². The van der Waals surface area contributed by atoms with Crippen molar-refractivity contribution < 1.29 is 14.3 Å². The van der Waals surface area contributed by atoms with Crippen molar-refractivity contribution in [3.8, 4) is 0 Å². The van der Waals surface area contributed by atoms with Crippen LogP contribution in [0.4, 0.5) is 5.69 Å². The molecule has 1 aliphatic carbocycles. The van der Waals surface area contributed by atoms with Crippen molar-refractivity contribution in [1.82, 2.24) is 0 Å². The number of hydrogen-bond acceptors (Lipinski definition) is 3. The zero-order chi connectivity index (χ0) is 17.2. The third-order valence-electron chi connectivity index (χ3n) is 4.48. The molecule has 0 heterocycles. The molecule has 0 saturated carbocycles. The van der Waals surface area contributed by atoms with Crippen LogP contribution in [0.1, 0.15) is 34.1 Å². The number of nitrogens with zero attached hydrogens (tertiary/aromatic N) is 1. The second-order valence-electron chi connectivity index (χ2n) is 6.81. The van der Waals surface area contributed by atoms with E-state index >= 15 is 0 Å². The minimum absolute atomic E-state index is 0.0718. The van der Waals surface area contributed by atoms with Crippen molar-refractivity contribution in [2.45, 2.75) is 46.3 Å². The SMILES string of the molecule is COC1C(N(C(C)=O)c2ccccc2)C=C(C)C(=O)CC1(C)C. The number of ether oxygens (including phenoxy) is 1. The quantitative estimate of drug-likeness (QED) is 0.859. The van der Waals surface area contributed by atoms with Gasteiger partial charge in [-0.2, -0.15) is 0 Å². The third kappa shape index (κ3) is 3.53. The maximum Gasteiger partial charge on any atom is 0.224 e. The highest BCUT2D eigenvalue weighted by Gasteiger charge is 2.43. The average Bonchev–Trinajstić information content (AvgIpc) is 2.55. The molecule has 0 saturated heterocycles. The summed E-state index contributed by atoms with van der Waals surface area (Å²) in [7, 11) is 1.64. The number of allylic oxidation sites excluding steroid dienone is 1. The van der Waals surface area contributed by atoms with Gasteiger partial charge in [-0.1, -0.05) is 38.1 Å². The molecule has 0 bridgehead atoms. The molecule has 0 N–H and O–H groups in total. The van der Waals surface area contributed by atoms with E-state index < -0.39 is 0 Å². The van der Waals surface area contributed by atoms with Gasteiger partial charge in [0.05, 0.1) is 12.1 Å². The van der Waals surface area contributed by atoms with E-state index in [1.165, 1.54) is 0 Å². The van der Waals surface area contributed by atoms with E-state index in [1.54, 1.807) is 18.9 Å². The minimum Gasteiger partial charge on any atom is -0.378 e. The monoisotopic (exact) mass is 315 g/mol. The Kier molecular flexibility index (Phi) is 5.05. The Morgan fingerprint density at radius 2 is 1.87 bits per heavy atom. The van der Waals surface area contributed by atoms with Gasteiger partial charge < -0.3 is 9.64 Å². The molecule has 1 aromatic carbocycles. The Morgan fingerprint density at radius 1 is 1.26 bits per heavy atom. The van der Waals surface area contributed by atoms with Gasteiger partial charge in [-0.05, 0) is 24.6 Å². The highest BCUT2D eigenvalue weighted by atomic mass is 16.5. The van der Waals surface area contributed by atoms with Crippen LogP contribution < -0.4 is 4.90 Å². The van der Waals surface area contributed by atoms with Gasteiger partial charge in [0.15, 0.2) is 5.78 Å². The fourth-order valence-corrected chi connectivity index (χ4v) is 3.37. The van der Waals surface area contributed by atoms with Crippen LogP contribution in [-0.2, 0) is 14.3 Å². The summed E-state index contributed by atoms with van der Waals surface area (Å²) in [5, 5.41) is 0. The molecule has 1 aromatic rings. The van der Waals surface area contributed by atoms with Crippen LogP contribution in [0.5, 0.6) is 0 Å². The number of carbonyl (C=O) groups excluding carboxylic acids is 2. The number of hydrogen-bond donors (Lipinski definition) is 0. The van der Waals surface area contributed by atoms with E-state index in [0.717, 1.165) is 5.69 Å². The predicted molar refractivity (Wildman–Crippen MR) is 91.3 cm³/mol. The Hall–Kier alpha value is -1.94. The standard InChI is InChI=1S/C19H25NO3/c1-13-11-16(18(23-5)19(3,4)12-17(13)22)20(14(2)21)15-9-7-6-8-10-15/h6-11,16,18H,12H2,1-5H3. The average molecular weight is 315 g/mol. The zero-order valence-corrected chi connectivity index (χ0v) is 14.5. The Labute approximate surface area is 138 Å². The lowest BCUT2D eigenvalue weighted by molar-refractivity contribution is -0.119. The molecule has 124 valence electrons. The van der Waals surface area contributed by atoms with Crippen molar-refractivity contribution in [3.05, 3.63) is 42.0 Å². The molecule has 0 radical (unpaired) electrons. The Morgan fingerprint density at radius 3 is 2.39 bits per heavy atom. The fraction of sp³-hybridized carbons (Fsp3) is 0.474. The topological polar surface area (TPSA) is 46.6 Å². The number of carbonyl (C=O) groups is 2. The molecule has 1 aliphatic rings. The number of anilines is 1. The lowest BCUT2D eigenvalue weighted by atomic mass is 9.79. The number of para-hydroxylation sites is 1. The first kappa shape index (κ1) is 17.4. The van der Waals surface area contributed by atoms with Crippen LogP contribution in [0, 0.1) is 5.41 Å². The number of ketones is 1. The highest BCUT2D eigenvalue weighted by molar-refractivity contribution is 5.97. The van der Waals surface area contributed by atoms with E-state index in [9.17, 15) is 9.59 Å². The molecular formula is C19H25NO3. The number of benzene rings is 1. The summed E-state index contributed by atoms with van der Waals surface area (Å²) in [6.07, 6.45) is 2.01. The molecule has 4 heteroatoms. The summed E-state index contributed by atoms with van der Waals surface area (Å²) < 4.78 is 5.76. The molecule has 2 rings (SSSR count). The predicted octanol–water partition coefficient (Wildman–Crippen LogP) is 3.37. The molecular weight excluding hydrogens is 290 g/mol. The molecule has 2 unspecified atom stereocenters. The summed E-state index contributed by atoms with van der Waals surface area (Å²) in [4.78, 5) is 26.4. The second kappa shape index (κ2) is 6.67. The van der Waals surface area contributed by atoms with Crippen LogP contribution in [0.3, 0.4) is 0 Å². The molecule has 23 heavy (non-hydrogen) atoms. The van der Waals surface area contributed by atoms with Crippen molar-refractivity contribution in [2.75, 3.05) is 12.0 Å². The molecule has 0 fully saturated rings. The van der Waals surface area contributed by atoms with E-state index in [4.69, 9.17) is 4.74 Å². The first-order valence-electron chi connectivity index (χ1n) is 7.87. The largest absolute Gasteiger partial charge is 0.378 e. The van der Waals surface area contributed by atoms with Crippen molar-refractivity contribution in [2.24, 2.45) is 5.41 Å². The minimum atomic E-state index is -0.368. The lowest BCUT2D eigenvalue weighted by Gasteiger charge is -2.40. The lowest BCUT2D eigenvalue weighted by Crippen LogP contribution is -2.51. The molecule has 0 aromatic heterocycles. The van der Waals surface area contributed by atoms with Gasteiger partial charge in [-0.25, -0.2) is 0 Å². The van der Waals surface area contributed by atoms with Gasteiger partial charge >= 0.3 is 0 Å². The van der Waals surface area contributed by atoms with Crippen LogP contribution in [-0.4, -0.2) is 30.9 Å².